The molecule has 1 aromatic rings. The van der Waals surface area contributed by atoms with Crippen LogP contribution in [0, 0.1) is 0 Å². The van der Waals surface area contributed by atoms with Gasteiger partial charge >= 0.3 is 5.97 Å². The summed E-state index contributed by atoms with van der Waals surface area (Å²) < 4.78 is 32.8. The van der Waals surface area contributed by atoms with Crippen LogP contribution in [0.1, 0.15) is 16.8 Å². The summed E-state index contributed by atoms with van der Waals surface area (Å²) in [4.78, 5) is 11.6. The van der Waals surface area contributed by atoms with Gasteiger partial charge in [-0.1, -0.05) is 18.2 Å². The van der Waals surface area contributed by atoms with E-state index in [2.05, 4.69) is 0 Å². The van der Waals surface area contributed by atoms with Gasteiger partial charge in [0.15, 0.2) is 9.84 Å². The SMILES string of the molecule is O=C(OCCOC1CCS(=O)(=O)C1)c1ccccc1. The predicted molar refractivity (Wildman–Crippen MR) is 69.7 cm³/mol. The molecule has 1 atom stereocenters. The highest BCUT2D eigenvalue weighted by atomic mass is 32.2. The lowest BCUT2D eigenvalue weighted by atomic mass is 10.2. The summed E-state index contributed by atoms with van der Waals surface area (Å²) >= 11 is 0. The van der Waals surface area contributed by atoms with E-state index in [-0.39, 0.29) is 30.8 Å². The zero-order chi connectivity index (χ0) is 13.7. The number of ether oxygens (including phenoxy) is 2. The standard InChI is InChI=1S/C13H16O5S/c14-13(11-4-2-1-3-5-11)18-8-7-17-12-6-9-19(15,16)10-12/h1-5,12H,6-10H2. The molecule has 1 aliphatic heterocycles. The van der Waals surface area contributed by atoms with E-state index in [1.807, 2.05) is 6.07 Å². The van der Waals surface area contributed by atoms with Crippen LogP contribution < -0.4 is 0 Å². The van der Waals surface area contributed by atoms with Crippen molar-refractivity contribution in [1.82, 2.24) is 0 Å². The van der Waals surface area contributed by atoms with Gasteiger partial charge in [0.2, 0.25) is 0 Å². The van der Waals surface area contributed by atoms with Crippen molar-refractivity contribution in [2.45, 2.75) is 12.5 Å². The lowest BCUT2D eigenvalue weighted by Gasteiger charge is -2.10. The van der Waals surface area contributed by atoms with Crippen molar-refractivity contribution < 1.29 is 22.7 Å². The van der Waals surface area contributed by atoms with Crippen LogP contribution in [0.4, 0.5) is 0 Å². The average molecular weight is 284 g/mol. The van der Waals surface area contributed by atoms with Gasteiger partial charge in [-0.15, -0.1) is 0 Å². The molecule has 0 spiro atoms. The maximum absolute atomic E-state index is 11.6. The number of rotatable bonds is 5. The summed E-state index contributed by atoms with van der Waals surface area (Å²) in [5.74, 6) is -0.149. The van der Waals surface area contributed by atoms with Crippen LogP contribution in [0.15, 0.2) is 30.3 Å². The smallest absolute Gasteiger partial charge is 0.338 e. The van der Waals surface area contributed by atoms with Crippen molar-refractivity contribution in [3.8, 4) is 0 Å². The van der Waals surface area contributed by atoms with Crippen molar-refractivity contribution in [3.05, 3.63) is 35.9 Å². The first-order valence-electron chi connectivity index (χ1n) is 6.11. The molecule has 0 saturated carbocycles. The second kappa shape index (κ2) is 6.16. The fourth-order valence-corrected chi connectivity index (χ4v) is 3.52. The van der Waals surface area contributed by atoms with Gasteiger partial charge in [-0.3, -0.25) is 0 Å². The Hall–Kier alpha value is -1.40. The summed E-state index contributed by atoms with van der Waals surface area (Å²) in [6.07, 6.45) is 0.259. The molecular formula is C13H16O5S. The third kappa shape index (κ3) is 4.33. The van der Waals surface area contributed by atoms with E-state index in [0.717, 1.165) is 0 Å². The highest BCUT2D eigenvalue weighted by Gasteiger charge is 2.28. The molecule has 1 heterocycles. The highest BCUT2D eigenvalue weighted by Crippen LogP contribution is 2.14. The zero-order valence-corrected chi connectivity index (χ0v) is 11.3. The van der Waals surface area contributed by atoms with Gasteiger partial charge in [0.25, 0.3) is 0 Å². The monoisotopic (exact) mass is 284 g/mol. The summed E-state index contributed by atoms with van der Waals surface area (Å²) in [6.45, 7) is 0.350. The molecule has 2 rings (SSSR count). The summed E-state index contributed by atoms with van der Waals surface area (Å²) in [5.41, 5.74) is 0.492. The molecule has 0 amide bonds. The van der Waals surface area contributed by atoms with Crippen LogP contribution in [-0.2, 0) is 19.3 Å². The van der Waals surface area contributed by atoms with E-state index in [4.69, 9.17) is 9.47 Å². The van der Waals surface area contributed by atoms with Gasteiger partial charge in [-0.2, -0.15) is 0 Å². The van der Waals surface area contributed by atoms with Crippen molar-refractivity contribution >= 4 is 15.8 Å². The van der Waals surface area contributed by atoms with Crippen molar-refractivity contribution in [1.29, 1.82) is 0 Å². The van der Waals surface area contributed by atoms with E-state index in [1.165, 1.54) is 0 Å². The first-order valence-corrected chi connectivity index (χ1v) is 7.93. The van der Waals surface area contributed by atoms with Gasteiger partial charge in [0.05, 0.1) is 29.8 Å². The van der Waals surface area contributed by atoms with Crippen LogP contribution in [0.5, 0.6) is 0 Å². The molecular weight excluding hydrogens is 268 g/mol. The minimum Gasteiger partial charge on any atom is -0.460 e. The van der Waals surface area contributed by atoms with Gasteiger partial charge < -0.3 is 9.47 Å². The molecule has 19 heavy (non-hydrogen) atoms. The maximum atomic E-state index is 11.6. The van der Waals surface area contributed by atoms with Crippen LogP contribution in [-0.4, -0.2) is 45.2 Å². The number of benzene rings is 1. The Morgan fingerprint density at radius 2 is 1.95 bits per heavy atom. The molecule has 104 valence electrons. The van der Waals surface area contributed by atoms with Crippen LogP contribution in [0.2, 0.25) is 0 Å². The van der Waals surface area contributed by atoms with Crippen LogP contribution >= 0.6 is 0 Å². The highest BCUT2D eigenvalue weighted by molar-refractivity contribution is 7.91. The first kappa shape index (κ1) is 14.0. The minimum atomic E-state index is -2.92. The average Bonchev–Trinajstić information content (AvgIpc) is 2.75. The molecule has 6 heteroatoms. The molecule has 0 aliphatic carbocycles. The van der Waals surface area contributed by atoms with Gasteiger partial charge in [0, 0.05) is 0 Å². The molecule has 0 radical (unpaired) electrons. The van der Waals surface area contributed by atoms with Gasteiger partial charge in [0.1, 0.15) is 6.61 Å². The number of carbonyl (C=O) groups is 1. The molecule has 1 saturated heterocycles. The lowest BCUT2D eigenvalue weighted by Crippen LogP contribution is -2.18. The topological polar surface area (TPSA) is 69.7 Å². The van der Waals surface area contributed by atoms with Gasteiger partial charge in [-0.05, 0) is 18.6 Å². The minimum absolute atomic E-state index is 0.0691. The Kier molecular flexibility index (Phi) is 4.55. The molecule has 1 aliphatic rings. The lowest BCUT2D eigenvalue weighted by molar-refractivity contribution is 0.0150. The molecule has 0 bridgehead atoms. The van der Waals surface area contributed by atoms with Gasteiger partial charge in [-0.25, -0.2) is 13.2 Å². The van der Waals surface area contributed by atoms with E-state index in [9.17, 15) is 13.2 Å². The zero-order valence-electron chi connectivity index (χ0n) is 10.4. The molecule has 1 aromatic carbocycles. The largest absolute Gasteiger partial charge is 0.460 e. The van der Waals surface area contributed by atoms with Crippen molar-refractivity contribution in [2.75, 3.05) is 24.7 Å². The molecule has 0 N–H and O–H groups in total. The maximum Gasteiger partial charge on any atom is 0.338 e. The number of sulfone groups is 1. The molecule has 0 aromatic heterocycles. The number of hydrogen-bond acceptors (Lipinski definition) is 5. The van der Waals surface area contributed by atoms with E-state index in [0.29, 0.717) is 12.0 Å². The summed E-state index contributed by atoms with van der Waals surface area (Å²) in [5, 5.41) is 0. The summed E-state index contributed by atoms with van der Waals surface area (Å²) in [7, 11) is -2.92. The van der Waals surface area contributed by atoms with E-state index < -0.39 is 15.8 Å². The number of carbonyl (C=O) groups excluding carboxylic acids is 1. The fourth-order valence-electron chi connectivity index (χ4n) is 1.90. The third-order valence-electron chi connectivity index (χ3n) is 2.87. The molecule has 5 nitrogen and oxygen atoms in total. The number of esters is 1. The van der Waals surface area contributed by atoms with Crippen LogP contribution in [0.3, 0.4) is 0 Å². The second-order valence-corrected chi connectivity index (χ2v) is 6.63. The van der Waals surface area contributed by atoms with E-state index in [1.54, 1.807) is 24.3 Å². The Labute approximate surface area is 112 Å². The summed E-state index contributed by atoms with van der Waals surface area (Å²) in [6, 6.07) is 8.69. The molecule has 1 unspecified atom stereocenters. The Balaban J connectivity index is 1.66. The van der Waals surface area contributed by atoms with Crippen molar-refractivity contribution in [2.24, 2.45) is 0 Å². The Morgan fingerprint density at radius 1 is 1.21 bits per heavy atom. The molecule has 1 fully saturated rings. The quantitative estimate of drug-likeness (QED) is 0.597. The Bertz CT molecular complexity index is 523. The fraction of sp³-hybridized carbons (Fsp3) is 0.462. The normalized spacial score (nSPS) is 21.2. The first-order chi connectivity index (χ1) is 9.07. The second-order valence-electron chi connectivity index (χ2n) is 4.40. The van der Waals surface area contributed by atoms with Crippen molar-refractivity contribution in [3.63, 3.8) is 0 Å². The predicted octanol–water partition coefficient (Wildman–Crippen LogP) is 1.05. The number of hydrogen-bond donors (Lipinski definition) is 0. The van der Waals surface area contributed by atoms with Crippen LogP contribution in [0.25, 0.3) is 0 Å². The third-order valence-corrected chi connectivity index (χ3v) is 4.61. The Morgan fingerprint density at radius 3 is 2.58 bits per heavy atom. The van der Waals surface area contributed by atoms with E-state index >= 15 is 0 Å².